The number of hydrogen-bond donors (Lipinski definition) is 2. The number of ether oxygens (including phenoxy) is 1. The number of carbonyl (C=O) groups excluding carboxylic acids is 2. The van der Waals surface area contributed by atoms with E-state index >= 15 is 0 Å². The molecule has 9 heteroatoms. The molecule has 46 heavy (non-hydrogen) atoms. The number of halogens is 3. The average Bonchev–Trinajstić information content (AvgIpc) is 3.37. The Morgan fingerprint density at radius 2 is 1.61 bits per heavy atom. The zero-order valence-electron chi connectivity index (χ0n) is 27.7. The quantitative estimate of drug-likeness (QED) is 0.188. The van der Waals surface area contributed by atoms with Crippen LogP contribution in [-0.2, 0) is 15.6 Å². The highest BCUT2D eigenvalue weighted by Crippen LogP contribution is 2.40. The molecule has 2 amide bonds. The first-order valence-electron chi connectivity index (χ1n) is 15.8. The number of rotatable bonds is 13. The van der Waals surface area contributed by atoms with Gasteiger partial charge >= 0.3 is 0 Å². The molecule has 3 aromatic rings. The second-order valence-corrected chi connectivity index (χ2v) is 14.3. The number of carbonyl (C=O) groups is 2. The molecule has 4 rings (SSSR count). The third-order valence-corrected chi connectivity index (χ3v) is 9.85. The molecular weight excluding hydrogens is 641 g/mol. The molecular formula is C37H44Cl3N3O3. The summed E-state index contributed by atoms with van der Waals surface area (Å²) in [5.74, 6) is 0.318. The van der Waals surface area contributed by atoms with Crippen LogP contribution in [0.15, 0.2) is 66.5 Å². The summed E-state index contributed by atoms with van der Waals surface area (Å²) >= 11 is 18.7. The molecule has 0 radical (unpaired) electrons. The second-order valence-electron chi connectivity index (χ2n) is 13.1. The summed E-state index contributed by atoms with van der Waals surface area (Å²) in [5.41, 5.74) is 4.61. The Morgan fingerprint density at radius 1 is 0.935 bits per heavy atom. The van der Waals surface area contributed by atoms with Crippen molar-refractivity contribution < 1.29 is 14.3 Å². The topological polar surface area (TPSA) is 70.7 Å². The van der Waals surface area contributed by atoms with Crippen molar-refractivity contribution in [1.29, 1.82) is 0 Å². The summed E-state index contributed by atoms with van der Waals surface area (Å²) in [6.45, 7) is 16.2. The van der Waals surface area contributed by atoms with Crippen LogP contribution < -0.4 is 20.3 Å². The number of nitrogens with one attached hydrogen (secondary N) is 2. The van der Waals surface area contributed by atoms with Gasteiger partial charge in [0.25, 0.3) is 5.91 Å². The molecule has 0 bridgehead atoms. The first kappa shape index (κ1) is 35.7. The zero-order chi connectivity index (χ0) is 33.8. The van der Waals surface area contributed by atoms with Crippen molar-refractivity contribution in [3.8, 4) is 5.75 Å². The predicted octanol–water partition coefficient (Wildman–Crippen LogP) is 10.3. The third kappa shape index (κ3) is 8.20. The maximum atomic E-state index is 13.2. The van der Waals surface area contributed by atoms with E-state index in [1.807, 2.05) is 12.1 Å². The number of benzene rings is 3. The van der Waals surface area contributed by atoms with E-state index < -0.39 is 0 Å². The van der Waals surface area contributed by atoms with Crippen LogP contribution in [0.5, 0.6) is 5.75 Å². The molecule has 246 valence electrons. The molecule has 6 nitrogen and oxygen atoms in total. The van der Waals surface area contributed by atoms with E-state index in [0.717, 1.165) is 30.7 Å². The van der Waals surface area contributed by atoms with E-state index in [2.05, 4.69) is 77.3 Å². The molecule has 1 unspecified atom stereocenters. The van der Waals surface area contributed by atoms with Crippen LogP contribution in [0.4, 0.5) is 11.4 Å². The first-order valence-corrected chi connectivity index (χ1v) is 17.0. The standard InChI is InChI=1S/C37H44Cl3N3O3/c1-8-28(46-32-15-14-24(36(4,5)9-2)17-29(32)37(6,7)10-3)21-41-26-13-11-12-23(16-26)35(45)42-27-20-33(44)43(22-27)34-30(39)18-25(38)19-31(34)40/h11-19,22,28,41H,8-10,20-21H2,1-7H3,(H,42,45). The Morgan fingerprint density at radius 3 is 2.24 bits per heavy atom. The fraction of sp³-hybridized carbons (Fsp3) is 0.405. The van der Waals surface area contributed by atoms with Crippen molar-refractivity contribution in [3.63, 3.8) is 0 Å². The minimum absolute atomic E-state index is 0.00221. The van der Waals surface area contributed by atoms with E-state index in [0.29, 0.717) is 28.5 Å². The number of anilines is 2. The SMILES string of the molecule is CCC(CNc1cccc(C(=O)NC2=CN(c3c(Cl)cc(Cl)cc3Cl)C(=O)C2)c1)Oc1ccc(C(C)(C)CC)cc1C(C)(C)CC. The van der Waals surface area contributed by atoms with Gasteiger partial charge in [0.1, 0.15) is 11.9 Å². The van der Waals surface area contributed by atoms with E-state index in [9.17, 15) is 9.59 Å². The van der Waals surface area contributed by atoms with Crippen molar-refractivity contribution in [2.45, 2.75) is 91.1 Å². The van der Waals surface area contributed by atoms with Crippen molar-refractivity contribution in [3.05, 3.63) is 98.3 Å². The second kappa shape index (κ2) is 14.7. The largest absolute Gasteiger partial charge is 0.488 e. The Kier molecular flexibility index (Phi) is 11.4. The van der Waals surface area contributed by atoms with Crippen molar-refractivity contribution in [1.82, 2.24) is 5.32 Å². The summed E-state index contributed by atoms with van der Waals surface area (Å²) in [6.07, 6.45) is 4.31. The van der Waals surface area contributed by atoms with E-state index in [4.69, 9.17) is 39.5 Å². The molecule has 1 atom stereocenters. The van der Waals surface area contributed by atoms with Crippen LogP contribution >= 0.6 is 34.8 Å². The monoisotopic (exact) mass is 683 g/mol. The van der Waals surface area contributed by atoms with Gasteiger partial charge in [0.2, 0.25) is 5.91 Å². The van der Waals surface area contributed by atoms with Gasteiger partial charge in [0.15, 0.2) is 0 Å². The van der Waals surface area contributed by atoms with E-state index in [-0.39, 0.29) is 45.2 Å². The molecule has 0 aromatic heterocycles. The summed E-state index contributed by atoms with van der Waals surface area (Å²) in [7, 11) is 0. The van der Waals surface area contributed by atoms with Crippen LogP contribution in [-0.4, -0.2) is 24.5 Å². The van der Waals surface area contributed by atoms with E-state index in [1.165, 1.54) is 34.4 Å². The van der Waals surface area contributed by atoms with E-state index in [1.54, 1.807) is 12.1 Å². The smallest absolute Gasteiger partial charge is 0.255 e. The Bertz CT molecular complexity index is 1610. The molecule has 1 aliphatic heterocycles. The molecule has 0 aliphatic carbocycles. The Labute approximate surface area is 288 Å². The molecule has 0 spiro atoms. The fourth-order valence-electron chi connectivity index (χ4n) is 5.20. The van der Waals surface area contributed by atoms with Gasteiger partial charge in [-0.1, -0.05) is 101 Å². The molecule has 2 N–H and O–H groups in total. The lowest BCUT2D eigenvalue weighted by atomic mass is 9.76. The van der Waals surface area contributed by atoms with Gasteiger partial charge in [-0.2, -0.15) is 0 Å². The fourth-order valence-corrected chi connectivity index (χ4v) is 6.20. The molecule has 3 aromatic carbocycles. The molecule has 1 heterocycles. The summed E-state index contributed by atoms with van der Waals surface area (Å²) in [5, 5.41) is 7.15. The summed E-state index contributed by atoms with van der Waals surface area (Å²) < 4.78 is 6.64. The zero-order valence-corrected chi connectivity index (χ0v) is 30.0. The van der Waals surface area contributed by atoms with Gasteiger partial charge in [0.05, 0.1) is 28.7 Å². The Hall–Kier alpha value is -3.19. The van der Waals surface area contributed by atoms with Gasteiger partial charge in [-0.3, -0.25) is 14.5 Å². The van der Waals surface area contributed by atoms with Crippen molar-refractivity contribution in [2.24, 2.45) is 0 Å². The summed E-state index contributed by atoms with van der Waals surface area (Å²) in [4.78, 5) is 27.3. The number of nitrogens with zero attached hydrogens (tertiary/aromatic N) is 1. The molecule has 0 saturated carbocycles. The summed E-state index contributed by atoms with van der Waals surface area (Å²) in [6, 6.07) is 17.0. The van der Waals surface area contributed by atoms with Gasteiger partial charge < -0.3 is 15.4 Å². The minimum atomic E-state index is -0.331. The number of hydrogen-bond acceptors (Lipinski definition) is 4. The highest BCUT2D eigenvalue weighted by molar-refractivity contribution is 6.42. The lowest BCUT2D eigenvalue weighted by Crippen LogP contribution is -2.28. The van der Waals surface area contributed by atoms with Crippen LogP contribution in [0, 0.1) is 0 Å². The van der Waals surface area contributed by atoms with Crippen molar-refractivity contribution >= 4 is 58.0 Å². The van der Waals surface area contributed by atoms with Crippen LogP contribution in [0.3, 0.4) is 0 Å². The average molecular weight is 685 g/mol. The van der Waals surface area contributed by atoms with Crippen LogP contribution in [0.25, 0.3) is 0 Å². The minimum Gasteiger partial charge on any atom is -0.488 e. The maximum Gasteiger partial charge on any atom is 0.255 e. The Balaban J connectivity index is 1.45. The van der Waals surface area contributed by atoms with Gasteiger partial charge in [-0.15, -0.1) is 0 Å². The number of amides is 2. The lowest BCUT2D eigenvalue weighted by Gasteiger charge is -2.31. The van der Waals surface area contributed by atoms with Gasteiger partial charge in [-0.25, -0.2) is 0 Å². The first-order chi connectivity index (χ1) is 21.7. The predicted molar refractivity (Wildman–Crippen MR) is 192 cm³/mol. The molecule has 0 saturated heterocycles. The maximum absolute atomic E-state index is 13.2. The van der Waals surface area contributed by atoms with Crippen LogP contribution in [0.2, 0.25) is 15.1 Å². The molecule has 1 aliphatic rings. The van der Waals surface area contributed by atoms with Gasteiger partial charge in [-0.05, 0) is 72.1 Å². The van der Waals surface area contributed by atoms with Gasteiger partial charge in [0, 0.05) is 33.7 Å². The lowest BCUT2D eigenvalue weighted by molar-refractivity contribution is -0.116. The van der Waals surface area contributed by atoms with Crippen molar-refractivity contribution in [2.75, 3.05) is 16.8 Å². The highest BCUT2D eigenvalue weighted by Gasteiger charge is 2.29. The molecule has 0 fully saturated rings. The highest BCUT2D eigenvalue weighted by atomic mass is 35.5. The van der Waals surface area contributed by atoms with Crippen LogP contribution in [0.1, 0.15) is 95.6 Å². The normalized spacial score (nSPS) is 14.3. The third-order valence-electron chi connectivity index (χ3n) is 9.06.